The molecule has 2 atom stereocenters. The fraction of sp³-hybridized carbons (Fsp3) is 0.565. The molecule has 8 nitrogen and oxygen atoms in total. The Hall–Kier alpha value is -2.68. The number of H-pyrrole nitrogens is 1. The molecule has 1 amide bonds. The van der Waals surface area contributed by atoms with E-state index in [9.17, 15) is 4.79 Å². The quantitative estimate of drug-likeness (QED) is 0.569. The second kappa shape index (κ2) is 8.03. The summed E-state index contributed by atoms with van der Waals surface area (Å²) in [6.45, 7) is 6.29. The van der Waals surface area contributed by atoms with Crippen molar-refractivity contribution in [1.82, 2.24) is 25.1 Å². The van der Waals surface area contributed by atoms with Crippen LogP contribution >= 0.6 is 11.3 Å². The van der Waals surface area contributed by atoms with Gasteiger partial charge in [-0.25, -0.2) is 4.98 Å². The molecule has 0 radical (unpaired) electrons. The molecule has 2 aliphatic heterocycles. The van der Waals surface area contributed by atoms with Crippen molar-refractivity contribution in [3.8, 4) is 0 Å². The molecule has 7 rings (SSSR count). The fourth-order valence-corrected chi connectivity index (χ4v) is 5.69. The van der Waals surface area contributed by atoms with Crippen molar-refractivity contribution >= 4 is 45.5 Å². The molecule has 2 N–H and O–H groups in total. The number of nitrogens with one attached hydrogen (secondary N) is 2. The maximum atomic E-state index is 9.93. The van der Waals surface area contributed by atoms with E-state index in [2.05, 4.69) is 39.5 Å². The van der Waals surface area contributed by atoms with Gasteiger partial charge >= 0.3 is 0 Å². The lowest BCUT2D eigenvalue weighted by atomic mass is 10.3. The summed E-state index contributed by atoms with van der Waals surface area (Å²) in [5.74, 6) is 5.00. The first kappa shape index (κ1) is 20.0. The largest absolute Gasteiger partial charge is 0.345 e. The predicted octanol–water partition coefficient (Wildman–Crippen LogP) is 4.04. The molecule has 0 unspecified atom stereocenters. The predicted molar refractivity (Wildman–Crippen MR) is 127 cm³/mol. The highest BCUT2D eigenvalue weighted by molar-refractivity contribution is 7.19. The smallest absolute Gasteiger partial charge is 0.227 e. The topological polar surface area (TPSA) is 90.0 Å². The summed E-state index contributed by atoms with van der Waals surface area (Å²) in [6.07, 6.45) is 7.24. The monoisotopic (exact) mass is 451 g/mol. The standard InChI is InChI=1S/C18H20N6S.C5H9NO/c1-9-4-14-16(25-9)17(20-15-6-13(22-23-15)10-2-3-10)21-18(19-14)24-7-11-5-12(11)8-24;7-5-6-3-1-2-4-6/h4,6,10-12H,2-3,5,7-8H2,1H3,(H2,19,20,21,22,23);5H,1-4H2/t11-,12+;. The maximum Gasteiger partial charge on any atom is 0.227 e. The molecule has 168 valence electrons. The SMILES string of the molecule is Cc1cc2nc(N3C[C@H]4C[C@H]4C3)nc(Nc3cc(C4CC4)[nH]n3)c2s1.O=CN1CCCC1. The Kier molecular flexibility index (Phi) is 5.01. The maximum absolute atomic E-state index is 9.93. The number of anilines is 3. The third-order valence-corrected chi connectivity index (χ3v) is 7.94. The lowest BCUT2D eigenvalue weighted by Gasteiger charge is -2.18. The number of rotatable bonds is 5. The van der Waals surface area contributed by atoms with Crippen LogP contribution in [-0.4, -0.2) is 57.7 Å². The van der Waals surface area contributed by atoms with Gasteiger partial charge < -0.3 is 15.1 Å². The highest BCUT2D eigenvalue weighted by Crippen LogP contribution is 2.46. The van der Waals surface area contributed by atoms with E-state index >= 15 is 0 Å². The van der Waals surface area contributed by atoms with Gasteiger partial charge in [0.05, 0.1) is 10.2 Å². The molecular weight excluding hydrogens is 422 g/mol. The van der Waals surface area contributed by atoms with Crippen LogP contribution < -0.4 is 10.2 Å². The van der Waals surface area contributed by atoms with E-state index in [1.807, 2.05) is 0 Å². The molecule has 2 aliphatic carbocycles. The molecule has 32 heavy (non-hydrogen) atoms. The minimum absolute atomic E-state index is 0.671. The minimum Gasteiger partial charge on any atom is -0.345 e. The lowest BCUT2D eigenvalue weighted by molar-refractivity contribution is -0.117. The van der Waals surface area contributed by atoms with E-state index in [-0.39, 0.29) is 0 Å². The van der Waals surface area contributed by atoms with E-state index in [0.29, 0.717) is 5.92 Å². The van der Waals surface area contributed by atoms with Crippen molar-refractivity contribution in [2.75, 3.05) is 36.4 Å². The number of hydrogen-bond acceptors (Lipinski definition) is 7. The summed E-state index contributed by atoms with van der Waals surface area (Å²) >= 11 is 1.74. The molecule has 4 fully saturated rings. The van der Waals surface area contributed by atoms with E-state index in [1.165, 1.54) is 42.7 Å². The van der Waals surface area contributed by atoms with E-state index in [4.69, 9.17) is 9.97 Å². The minimum atomic E-state index is 0.671. The molecule has 5 heterocycles. The number of carbonyl (C=O) groups is 1. The number of hydrogen-bond donors (Lipinski definition) is 2. The summed E-state index contributed by atoms with van der Waals surface area (Å²) in [7, 11) is 0. The van der Waals surface area contributed by atoms with Crippen LogP contribution in [0.5, 0.6) is 0 Å². The van der Waals surface area contributed by atoms with Crippen molar-refractivity contribution in [3.63, 3.8) is 0 Å². The Morgan fingerprint density at radius 3 is 2.62 bits per heavy atom. The number of aromatic nitrogens is 4. The van der Waals surface area contributed by atoms with Crippen LogP contribution in [0.15, 0.2) is 12.1 Å². The van der Waals surface area contributed by atoms with Crippen molar-refractivity contribution in [2.45, 2.75) is 44.9 Å². The number of likely N-dealkylation sites (tertiary alicyclic amines) is 1. The zero-order valence-electron chi connectivity index (χ0n) is 18.4. The number of fused-ring (bicyclic) bond motifs is 2. The van der Waals surface area contributed by atoms with Gasteiger partial charge in [-0.05, 0) is 56.9 Å². The molecule has 3 aromatic rings. The molecule has 4 aliphatic rings. The molecule has 3 aromatic heterocycles. The van der Waals surface area contributed by atoms with E-state index in [1.54, 1.807) is 16.2 Å². The summed E-state index contributed by atoms with van der Waals surface area (Å²) < 4.78 is 1.11. The number of nitrogens with zero attached hydrogens (tertiary/aromatic N) is 5. The van der Waals surface area contributed by atoms with Gasteiger partial charge in [0.25, 0.3) is 0 Å². The van der Waals surface area contributed by atoms with Gasteiger partial charge in [-0.2, -0.15) is 10.1 Å². The molecular formula is C23H29N7OS. The average molecular weight is 452 g/mol. The van der Waals surface area contributed by atoms with Crippen LogP contribution in [0.25, 0.3) is 10.2 Å². The van der Waals surface area contributed by atoms with Crippen molar-refractivity contribution < 1.29 is 4.79 Å². The first-order valence-electron chi connectivity index (χ1n) is 11.7. The Morgan fingerprint density at radius 1 is 1.16 bits per heavy atom. The van der Waals surface area contributed by atoms with Gasteiger partial charge in [-0.1, -0.05) is 0 Å². The van der Waals surface area contributed by atoms with Gasteiger partial charge in [0.2, 0.25) is 12.4 Å². The summed E-state index contributed by atoms with van der Waals surface area (Å²) in [4.78, 5) is 25.1. The van der Waals surface area contributed by atoms with Crippen LogP contribution in [0.2, 0.25) is 0 Å². The number of amides is 1. The second-order valence-corrected chi connectivity index (χ2v) is 10.8. The van der Waals surface area contributed by atoms with Gasteiger partial charge in [0, 0.05) is 48.7 Å². The fourth-order valence-electron chi connectivity index (χ4n) is 4.80. The Labute approximate surface area is 191 Å². The van der Waals surface area contributed by atoms with Crippen LogP contribution in [0, 0.1) is 18.8 Å². The van der Waals surface area contributed by atoms with Crippen LogP contribution in [0.1, 0.15) is 48.6 Å². The van der Waals surface area contributed by atoms with Crippen LogP contribution in [0.3, 0.4) is 0 Å². The number of thiophene rings is 1. The zero-order chi connectivity index (χ0) is 21.7. The third kappa shape index (κ3) is 4.05. The first-order valence-corrected chi connectivity index (χ1v) is 12.5. The van der Waals surface area contributed by atoms with Gasteiger partial charge in [-0.15, -0.1) is 11.3 Å². The number of piperidine rings is 1. The second-order valence-electron chi connectivity index (χ2n) is 9.56. The van der Waals surface area contributed by atoms with Crippen LogP contribution in [-0.2, 0) is 4.79 Å². The normalized spacial score (nSPS) is 23.8. The Bertz CT molecular complexity index is 1120. The summed E-state index contributed by atoms with van der Waals surface area (Å²) in [5, 5.41) is 11.0. The number of carbonyl (C=O) groups excluding carboxylic acids is 1. The van der Waals surface area contributed by atoms with E-state index in [0.717, 1.165) is 72.2 Å². The molecule has 2 saturated carbocycles. The number of aromatic amines is 1. The lowest BCUT2D eigenvalue weighted by Crippen LogP contribution is -2.24. The molecule has 2 saturated heterocycles. The molecule has 0 bridgehead atoms. The highest BCUT2D eigenvalue weighted by atomic mass is 32.1. The summed E-state index contributed by atoms with van der Waals surface area (Å²) in [5.41, 5.74) is 2.27. The Balaban J connectivity index is 0.000000241. The van der Waals surface area contributed by atoms with Crippen molar-refractivity contribution in [1.29, 1.82) is 0 Å². The molecule has 0 aromatic carbocycles. The number of aryl methyl sites for hydroxylation is 1. The first-order chi connectivity index (χ1) is 15.7. The van der Waals surface area contributed by atoms with Gasteiger partial charge in [0.1, 0.15) is 0 Å². The molecule has 9 heteroatoms. The van der Waals surface area contributed by atoms with E-state index < -0.39 is 0 Å². The molecule has 0 spiro atoms. The third-order valence-electron chi connectivity index (χ3n) is 6.90. The van der Waals surface area contributed by atoms with Crippen molar-refractivity contribution in [3.05, 3.63) is 22.7 Å². The summed E-state index contributed by atoms with van der Waals surface area (Å²) in [6, 6.07) is 4.28. The van der Waals surface area contributed by atoms with Gasteiger partial charge in [-0.3, -0.25) is 9.89 Å². The zero-order valence-corrected chi connectivity index (χ0v) is 19.2. The van der Waals surface area contributed by atoms with Crippen LogP contribution in [0.4, 0.5) is 17.6 Å². The highest BCUT2D eigenvalue weighted by Gasteiger charge is 2.46. The van der Waals surface area contributed by atoms with Gasteiger partial charge in [0.15, 0.2) is 11.6 Å². The average Bonchev–Trinajstić information content (AvgIpc) is 3.47. The Morgan fingerprint density at radius 2 is 1.94 bits per heavy atom. The van der Waals surface area contributed by atoms with Crippen molar-refractivity contribution in [2.24, 2.45) is 11.8 Å².